The van der Waals surface area contributed by atoms with Gasteiger partial charge >= 0.3 is 0 Å². The molecule has 0 unspecified atom stereocenters. The first kappa shape index (κ1) is 23.5. The molecule has 0 heterocycles. The zero-order valence-electron chi connectivity index (χ0n) is 18.9. The van der Waals surface area contributed by atoms with Crippen molar-refractivity contribution in [1.29, 1.82) is 0 Å². The van der Waals surface area contributed by atoms with Crippen LogP contribution < -0.4 is 0 Å². The highest BCUT2D eigenvalue weighted by atomic mass is 19.2. The van der Waals surface area contributed by atoms with Crippen LogP contribution in [0.4, 0.5) is 17.6 Å². The van der Waals surface area contributed by atoms with Crippen LogP contribution in [0.15, 0.2) is 48.5 Å². The van der Waals surface area contributed by atoms with Crippen LogP contribution in [0.25, 0.3) is 22.3 Å². The second-order valence-electron chi connectivity index (χ2n) is 8.59. The van der Waals surface area contributed by atoms with Crippen LogP contribution in [0, 0.1) is 23.3 Å². The van der Waals surface area contributed by atoms with Crippen LogP contribution in [0.2, 0.25) is 0 Å². The Bertz CT molecular complexity index is 1120. The van der Waals surface area contributed by atoms with Gasteiger partial charge in [0.15, 0.2) is 23.3 Å². The predicted molar refractivity (Wildman–Crippen MR) is 123 cm³/mol. The fraction of sp³-hybridized carbons (Fsp3) is 0.357. The number of aryl methyl sites for hydroxylation is 1. The first-order valence-corrected chi connectivity index (χ1v) is 11.6. The van der Waals surface area contributed by atoms with E-state index in [1.807, 2.05) is 6.92 Å². The number of ether oxygens (including phenoxy) is 1. The van der Waals surface area contributed by atoms with Crippen molar-refractivity contribution in [2.24, 2.45) is 0 Å². The molecule has 0 spiro atoms. The topological polar surface area (TPSA) is 9.23 Å². The lowest BCUT2D eigenvalue weighted by molar-refractivity contribution is 0.0325. The normalized spacial score (nSPS) is 18.5. The molecule has 0 radical (unpaired) electrons. The molecule has 0 aliphatic heterocycles. The summed E-state index contributed by atoms with van der Waals surface area (Å²) in [5.41, 5.74) is 1.97. The molecule has 1 fully saturated rings. The Hall–Kier alpha value is -2.66. The van der Waals surface area contributed by atoms with E-state index >= 15 is 4.39 Å². The molecule has 4 rings (SSSR count). The third-order valence-corrected chi connectivity index (χ3v) is 6.68. The van der Waals surface area contributed by atoms with Crippen LogP contribution in [-0.4, -0.2) is 12.7 Å². The van der Waals surface area contributed by atoms with Gasteiger partial charge in [-0.05, 0) is 67.2 Å². The standard InChI is InChI=1S/C28H28F4O/c1-3-17-11-14-22(26(30)25(17)29)18-5-7-19(8-6-18)23-15-16-24(28(32)27(23)31)20-9-12-21(13-10-20)33-4-2/h5-8,11,14-16,20-21H,3-4,9-10,12-13H2,1-2H3. The summed E-state index contributed by atoms with van der Waals surface area (Å²) in [5.74, 6) is -3.45. The molecule has 0 N–H and O–H groups in total. The van der Waals surface area contributed by atoms with Gasteiger partial charge in [-0.1, -0.05) is 55.5 Å². The predicted octanol–water partition coefficient (Wildman–Crippen LogP) is 8.20. The third kappa shape index (κ3) is 4.70. The molecule has 1 nitrogen and oxygen atoms in total. The van der Waals surface area contributed by atoms with E-state index in [1.165, 1.54) is 0 Å². The van der Waals surface area contributed by atoms with Crippen molar-refractivity contribution in [2.75, 3.05) is 6.61 Å². The summed E-state index contributed by atoms with van der Waals surface area (Å²) in [6.07, 6.45) is 3.84. The second-order valence-corrected chi connectivity index (χ2v) is 8.59. The van der Waals surface area contributed by atoms with Gasteiger partial charge in [0.05, 0.1) is 6.10 Å². The lowest BCUT2D eigenvalue weighted by atomic mass is 9.82. The van der Waals surface area contributed by atoms with E-state index in [1.54, 1.807) is 55.5 Å². The summed E-state index contributed by atoms with van der Waals surface area (Å²) in [5, 5.41) is 0. The molecule has 0 amide bonds. The van der Waals surface area contributed by atoms with Crippen LogP contribution >= 0.6 is 0 Å². The van der Waals surface area contributed by atoms with Crippen molar-refractivity contribution in [3.8, 4) is 22.3 Å². The van der Waals surface area contributed by atoms with E-state index in [0.29, 0.717) is 35.3 Å². The summed E-state index contributed by atoms with van der Waals surface area (Å²) in [7, 11) is 0. The van der Waals surface area contributed by atoms with Gasteiger partial charge < -0.3 is 4.74 Å². The van der Waals surface area contributed by atoms with Crippen LogP contribution in [0.3, 0.4) is 0 Å². The Kier molecular flexibility index (Phi) is 7.18. The maximum Gasteiger partial charge on any atom is 0.166 e. The number of hydrogen-bond acceptors (Lipinski definition) is 1. The SMILES string of the molecule is CCOC1CCC(c2ccc(-c3ccc(-c4ccc(CC)c(F)c4F)cc3)c(F)c2F)CC1. The molecule has 0 aromatic heterocycles. The van der Waals surface area contributed by atoms with Gasteiger partial charge in [0.25, 0.3) is 0 Å². The molecular formula is C28H28F4O. The van der Waals surface area contributed by atoms with Gasteiger partial charge in [-0.3, -0.25) is 0 Å². The van der Waals surface area contributed by atoms with Gasteiger partial charge in [0, 0.05) is 17.7 Å². The average molecular weight is 457 g/mol. The number of rotatable bonds is 6. The van der Waals surface area contributed by atoms with Gasteiger partial charge in [-0.25, -0.2) is 17.6 Å². The molecule has 5 heteroatoms. The third-order valence-electron chi connectivity index (χ3n) is 6.68. The zero-order valence-corrected chi connectivity index (χ0v) is 18.9. The van der Waals surface area contributed by atoms with Crippen molar-refractivity contribution in [3.05, 3.63) is 82.9 Å². The highest BCUT2D eigenvalue weighted by Crippen LogP contribution is 2.38. The van der Waals surface area contributed by atoms with Gasteiger partial charge in [-0.15, -0.1) is 0 Å². The van der Waals surface area contributed by atoms with E-state index in [4.69, 9.17) is 4.74 Å². The maximum atomic E-state index is 15.0. The van der Waals surface area contributed by atoms with E-state index in [0.717, 1.165) is 25.7 Å². The first-order valence-electron chi connectivity index (χ1n) is 11.6. The Balaban J connectivity index is 1.57. The lowest BCUT2D eigenvalue weighted by Crippen LogP contribution is -2.21. The molecular weight excluding hydrogens is 428 g/mol. The Morgan fingerprint density at radius 3 is 1.76 bits per heavy atom. The minimum Gasteiger partial charge on any atom is -0.379 e. The monoisotopic (exact) mass is 456 g/mol. The fourth-order valence-electron chi connectivity index (χ4n) is 4.79. The maximum absolute atomic E-state index is 15.0. The van der Waals surface area contributed by atoms with Gasteiger partial charge in [-0.2, -0.15) is 0 Å². The molecule has 0 saturated heterocycles. The molecule has 174 valence electrons. The Morgan fingerprint density at radius 1 is 0.667 bits per heavy atom. The number of halogens is 4. The Morgan fingerprint density at radius 2 is 1.21 bits per heavy atom. The molecule has 0 bridgehead atoms. The second kappa shape index (κ2) is 10.1. The molecule has 3 aromatic carbocycles. The van der Waals surface area contributed by atoms with Crippen LogP contribution in [0.5, 0.6) is 0 Å². The Labute approximate surface area is 192 Å². The van der Waals surface area contributed by atoms with Gasteiger partial charge in [0.2, 0.25) is 0 Å². The fourth-order valence-corrected chi connectivity index (χ4v) is 4.79. The molecule has 1 aliphatic rings. The minimum atomic E-state index is -0.900. The van der Waals surface area contributed by atoms with Crippen LogP contribution in [-0.2, 0) is 11.2 Å². The zero-order chi connectivity index (χ0) is 23.5. The smallest absolute Gasteiger partial charge is 0.166 e. The van der Waals surface area contributed by atoms with Crippen molar-refractivity contribution >= 4 is 0 Å². The first-order chi connectivity index (χ1) is 15.9. The van der Waals surface area contributed by atoms with Crippen molar-refractivity contribution in [3.63, 3.8) is 0 Å². The molecule has 0 atom stereocenters. The molecule has 3 aromatic rings. The van der Waals surface area contributed by atoms with Crippen LogP contribution in [0.1, 0.15) is 56.6 Å². The van der Waals surface area contributed by atoms with E-state index in [2.05, 4.69) is 0 Å². The van der Waals surface area contributed by atoms with E-state index in [9.17, 15) is 13.2 Å². The van der Waals surface area contributed by atoms with Crippen molar-refractivity contribution in [2.45, 2.75) is 58.0 Å². The summed E-state index contributed by atoms with van der Waals surface area (Å²) in [6.45, 7) is 4.39. The molecule has 1 aliphatic carbocycles. The largest absolute Gasteiger partial charge is 0.379 e. The molecule has 33 heavy (non-hydrogen) atoms. The lowest BCUT2D eigenvalue weighted by Gasteiger charge is -2.29. The summed E-state index contributed by atoms with van der Waals surface area (Å²) in [4.78, 5) is 0. The average Bonchev–Trinajstić information content (AvgIpc) is 2.84. The van der Waals surface area contributed by atoms with E-state index in [-0.39, 0.29) is 23.1 Å². The molecule has 1 saturated carbocycles. The van der Waals surface area contributed by atoms with Gasteiger partial charge in [0.1, 0.15) is 0 Å². The summed E-state index contributed by atoms with van der Waals surface area (Å²) >= 11 is 0. The van der Waals surface area contributed by atoms with Crippen molar-refractivity contribution in [1.82, 2.24) is 0 Å². The highest BCUT2D eigenvalue weighted by Gasteiger charge is 2.26. The number of hydrogen-bond donors (Lipinski definition) is 0. The summed E-state index contributed by atoms with van der Waals surface area (Å²) < 4.78 is 64.3. The van der Waals surface area contributed by atoms with Crippen molar-refractivity contribution < 1.29 is 22.3 Å². The van der Waals surface area contributed by atoms with E-state index < -0.39 is 23.3 Å². The highest BCUT2D eigenvalue weighted by molar-refractivity contribution is 5.71. The number of benzene rings is 3. The quantitative estimate of drug-likeness (QED) is 0.340. The minimum absolute atomic E-state index is 0.0170. The summed E-state index contributed by atoms with van der Waals surface area (Å²) in [6, 6.07) is 12.8.